The van der Waals surface area contributed by atoms with E-state index in [0.29, 0.717) is 44.6 Å². The molecule has 2 N–H and O–H groups in total. The van der Waals surface area contributed by atoms with E-state index in [-0.39, 0.29) is 30.2 Å². The summed E-state index contributed by atoms with van der Waals surface area (Å²) in [5.41, 5.74) is 2.36. The number of carbonyl (C=O) groups excluding carboxylic acids is 3. The van der Waals surface area contributed by atoms with Crippen LogP contribution in [-0.4, -0.2) is 87.4 Å². The monoisotopic (exact) mass is 570 g/mol. The molecule has 2 aromatic carbocycles. The number of carboxylic acid groups (broad SMARTS) is 1. The van der Waals surface area contributed by atoms with Crippen molar-refractivity contribution in [3.05, 3.63) is 78.4 Å². The van der Waals surface area contributed by atoms with Gasteiger partial charge >= 0.3 is 0 Å². The van der Waals surface area contributed by atoms with E-state index in [1.807, 2.05) is 69.1 Å². The first-order chi connectivity index (χ1) is 20.5. The van der Waals surface area contributed by atoms with Crippen molar-refractivity contribution in [2.75, 3.05) is 37.6 Å². The molecule has 0 unspecified atom stereocenters. The van der Waals surface area contributed by atoms with E-state index in [9.17, 15) is 14.4 Å². The highest BCUT2D eigenvalue weighted by molar-refractivity contribution is 6.11. The molecule has 42 heavy (non-hydrogen) atoms. The average Bonchev–Trinajstić information content (AvgIpc) is 3.79. The molecular formula is C31H34N6O5. The fourth-order valence-electron chi connectivity index (χ4n) is 7.29. The minimum atomic E-state index is -0.959. The van der Waals surface area contributed by atoms with Gasteiger partial charge in [-0.25, -0.2) is 4.98 Å². The molecule has 11 heteroatoms. The summed E-state index contributed by atoms with van der Waals surface area (Å²) in [6, 6.07) is 15.6. The van der Waals surface area contributed by atoms with Gasteiger partial charge in [0.25, 0.3) is 18.3 Å². The van der Waals surface area contributed by atoms with Crippen molar-refractivity contribution in [3.8, 4) is 5.69 Å². The van der Waals surface area contributed by atoms with E-state index in [1.165, 1.54) is 0 Å². The third-order valence-corrected chi connectivity index (χ3v) is 9.04. The molecule has 4 aliphatic heterocycles. The number of fused-ring (bicyclic) bond motifs is 4. The topological polar surface area (TPSA) is 128 Å². The van der Waals surface area contributed by atoms with Gasteiger partial charge in [-0.3, -0.25) is 24.1 Å². The van der Waals surface area contributed by atoms with E-state index in [2.05, 4.69) is 15.2 Å². The maximum absolute atomic E-state index is 14.5. The number of para-hydroxylation sites is 1. The Morgan fingerprint density at radius 2 is 1.81 bits per heavy atom. The summed E-state index contributed by atoms with van der Waals surface area (Å²) in [5.74, 6) is -0.565. The van der Waals surface area contributed by atoms with Crippen LogP contribution in [0.4, 0.5) is 5.69 Å². The van der Waals surface area contributed by atoms with Crippen LogP contribution in [0.1, 0.15) is 41.6 Å². The minimum Gasteiger partial charge on any atom is -0.483 e. The average molecular weight is 571 g/mol. The Kier molecular flexibility index (Phi) is 7.51. The van der Waals surface area contributed by atoms with Gasteiger partial charge in [-0.1, -0.05) is 18.2 Å². The zero-order valence-corrected chi connectivity index (χ0v) is 23.3. The molecule has 1 aromatic heterocycles. The Hall–Kier alpha value is -4.51. The lowest BCUT2D eigenvalue weighted by Crippen LogP contribution is -2.57. The number of rotatable bonds is 2. The van der Waals surface area contributed by atoms with Crippen LogP contribution >= 0.6 is 0 Å². The van der Waals surface area contributed by atoms with E-state index < -0.39 is 11.5 Å². The van der Waals surface area contributed by atoms with Crippen LogP contribution in [0.15, 0.2) is 67.3 Å². The van der Waals surface area contributed by atoms with Crippen LogP contribution in [0, 0.1) is 5.92 Å². The molecule has 5 heterocycles. The standard InChI is InChI=1S/C30H32N6O3.CH2O2/c37-27-25-19-23-5-3-15-36(23)30(25)24-6-1-2-7-26(24)35(29(30)39)18-17-33(14-4-12-32-27)28(38)21-8-10-22(11-9-21)34-16-13-31-20-34;2-1-3/h1-2,6-11,13,16,20,23,25H,3-5,12,14-15,17-19H2,(H,32,37);1H,(H,2,3)/t23-,25-,30+;/m0./s1. The lowest BCUT2D eigenvalue weighted by molar-refractivity contribution is -0.139. The van der Waals surface area contributed by atoms with Crippen LogP contribution in [0.2, 0.25) is 0 Å². The third-order valence-electron chi connectivity index (χ3n) is 9.04. The first-order valence-corrected chi connectivity index (χ1v) is 14.4. The second-order valence-electron chi connectivity index (χ2n) is 11.1. The maximum Gasteiger partial charge on any atom is 0.290 e. The number of amides is 3. The molecule has 4 aliphatic rings. The fraction of sp³-hybridized carbons (Fsp3) is 0.387. The molecule has 3 fully saturated rings. The van der Waals surface area contributed by atoms with Crippen molar-refractivity contribution in [3.63, 3.8) is 0 Å². The number of anilines is 1. The smallest absolute Gasteiger partial charge is 0.290 e. The van der Waals surface area contributed by atoms with Crippen LogP contribution in [-0.2, 0) is 19.9 Å². The molecule has 7 rings (SSSR count). The normalized spacial score (nSPS) is 25.2. The van der Waals surface area contributed by atoms with Gasteiger partial charge in [-0.15, -0.1) is 0 Å². The molecule has 11 nitrogen and oxygen atoms in total. The fourth-order valence-corrected chi connectivity index (χ4v) is 7.29. The van der Waals surface area contributed by atoms with Gasteiger partial charge in [0.2, 0.25) is 5.91 Å². The molecule has 0 saturated carbocycles. The van der Waals surface area contributed by atoms with Crippen LogP contribution in [0.25, 0.3) is 5.69 Å². The number of hydrogen-bond donors (Lipinski definition) is 2. The van der Waals surface area contributed by atoms with Crippen molar-refractivity contribution in [1.29, 1.82) is 0 Å². The molecular weight excluding hydrogens is 536 g/mol. The van der Waals surface area contributed by atoms with Crippen LogP contribution in [0.3, 0.4) is 0 Å². The van der Waals surface area contributed by atoms with Crippen molar-refractivity contribution in [2.24, 2.45) is 5.92 Å². The van der Waals surface area contributed by atoms with Crippen molar-refractivity contribution in [2.45, 2.75) is 37.3 Å². The second kappa shape index (κ2) is 11.4. The Morgan fingerprint density at radius 3 is 2.57 bits per heavy atom. The van der Waals surface area contributed by atoms with E-state index in [4.69, 9.17) is 9.90 Å². The highest BCUT2D eigenvalue weighted by Crippen LogP contribution is 2.57. The molecule has 3 amide bonds. The van der Waals surface area contributed by atoms with Gasteiger partial charge in [0.15, 0.2) is 0 Å². The Balaban J connectivity index is 0.00000101. The summed E-state index contributed by atoms with van der Waals surface area (Å²) in [6.45, 7) is 2.35. The first-order valence-electron chi connectivity index (χ1n) is 14.4. The summed E-state index contributed by atoms with van der Waals surface area (Å²) in [5, 5.41) is 10.0. The Bertz CT molecular complexity index is 1480. The predicted molar refractivity (Wildman–Crippen MR) is 154 cm³/mol. The van der Waals surface area contributed by atoms with Gasteiger partial charge in [-0.2, -0.15) is 0 Å². The SMILES string of the molecule is O=C1NCCCN(C(=O)c2ccc(-n3ccnc3)cc2)CCN2C(=O)[C@@]3(c4ccccc42)[C@H]1C[C@@H]1CCCN13.O=CO. The lowest BCUT2D eigenvalue weighted by Gasteiger charge is -2.38. The molecule has 0 radical (unpaired) electrons. The highest BCUT2D eigenvalue weighted by atomic mass is 16.3. The quantitative estimate of drug-likeness (QED) is 0.453. The van der Waals surface area contributed by atoms with Crippen molar-refractivity contribution in [1.82, 2.24) is 24.7 Å². The number of nitrogens with one attached hydrogen (secondary N) is 1. The summed E-state index contributed by atoms with van der Waals surface area (Å²) in [4.78, 5) is 60.2. The summed E-state index contributed by atoms with van der Waals surface area (Å²) in [7, 11) is 0. The van der Waals surface area contributed by atoms with E-state index >= 15 is 0 Å². The number of nitrogens with zero attached hydrogens (tertiary/aromatic N) is 5. The Morgan fingerprint density at radius 1 is 1.02 bits per heavy atom. The minimum absolute atomic E-state index is 0.0223. The zero-order valence-electron chi connectivity index (χ0n) is 23.3. The van der Waals surface area contributed by atoms with Crippen LogP contribution < -0.4 is 10.2 Å². The molecule has 1 spiro atoms. The molecule has 218 valence electrons. The molecule has 3 aromatic rings. The van der Waals surface area contributed by atoms with Gasteiger partial charge in [0, 0.05) is 67.1 Å². The molecule has 3 saturated heterocycles. The maximum atomic E-state index is 14.5. The highest BCUT2D eigenvalue weighted by Gasteiger charge is 2.67. The molecule has 3 atom stereocenters. The zero-order chi connectivity index (χ0) is 29.3. The number of imidazole rings is 1. The third kappa shape index (κ3) is 4.44. The number of aromatic nitrogens is 2. The van der Waals surface area contributed by atoms with Crippen LogP contribution in [0.5, 0.6) is 0 Å². The number of benzene rings is 2. The first kappa shape index (κ1) is 27.6. The van der Waals surface area contributed by atoms with Gasteiger partial charge in [0.05, 0.1) is 12.2 Å². The van der Waals surface area contributed by atoms with Crippen molar-refractivity contribution >= 4 is 29.9 Å². The van der Waals surface area contributed by atoms with Gasteiger partial charge < -0.3 is 24.8 Å². The number of carbonyl (C=O) groups is 4. The Labute approximate surface area is 243 Å². The summed E-state index contributed by atoms with van der Waals surface area (Å²) < 4.78 is 1.89. The summed E-state index contributed by atoms with van der Waals surface area (Å²) in [6.07, 6.45) is 8.71. The van der Waals surface area contributed by atoms with Gasteiger partial charge in [-0.05, 0) is 62.6 Å². The largest absolute Gasteiger partial charge is 0.483 e. The van der Waals surface area contributed by atoms with Gasteiger partial charge in [0.1, 0.15) is 5.54 Å². The van der Waals surface area contributed by atoms with E-state index in [0.717, 1.165) is 36.3 Å². The van der Waals surface area contributed by atoms with E-state index in [1.54, 1.807) is 12.5 Å². The van der Waals surface area contributed by atoms with Crippen molar-refractivity contribution < 1.29 is 24.3 Å². The summed E-state index contributed by atoms with van der Waals surface area (Å²) >= 11 is 0. The second-order valence-corrected chi connectivity index (χ2v) is 11.1. The lowest BCUT2D eigenvalue weighted by atomic mass is 9.78. The number of hydrogen-bond acceptors (Lipinski definition) is 6. The molecule has 0 aliphatic carbocycles. The molecule has 2 bridgehead atoms. The predicted octanol–water partition coefficient (Wildman–Crippen LogP) is 2.26.